The number of hydrogen-bond acceptors (Lipinski definition) is 1. The minimum absolute atomic E-state index is 0.509. The summed E-state index contributed by atoms with van der Waals surface area (Å²) < 4.78 is 12.8. The summed E-state index contributed by atoms with van der Waals surface area (Å²) >= 11 is -0.954. The molecule has 0 saturated heterocycles. The van der Waals surface area contributed by atoms with Gasteiger partial charge in [0, 0.05) is 0 Å². The molecular weight excluding hydrogens is 146 g/mol. The van der Waals surface area contributed by atoms with Gasteiger partial charge in [-0.3, -0.25) is 0 Å². The molecule has 1 aromatic heterocycles. The lowest BCUT2D eigenvalue weighted by Gasteiger charge is -2.06. The van der Waals surface area contributed by atoms with Crippen LogP contribution < -0.4 is 0 Å². The summed E-state index contributed by atoms with van der Waals surface area (Å²) in [5.74, 6) is 0.509. The number of aromatic nitrogens is 1. The van der Waals surface area contributed by atoms with Crippen LogP contribution in [0.1, 0.15) is 0 Å². The molecule has 0 bridgehead atoms. The van der Waals surface area contributed by atoms with E-state index in [4.69, 9.17) is 0 Å². The van der Waals surface area contributed by atoms with Gasteiger partial charge < -0.3 is 4.55 Å². The lowest BCUT2D eigenvalue weighted by molar-refractivity contribution is 0.589. The van der Waals surface area contributed by atoms with E-state index in [1.54, 1.807) is 22.4 Å². The molecule has 1 rings (SSSR count). The van der Waals surface area contributed by atoms with Crippen LogP contribution >= 0.6 is 0 Å². The van der Waals surface area contributed by atoms with Gasteiger partial charge in [0.1, 0.15) is 5.75 Å². The van der Waals surface area contributed by atoms with Gasteiger partial charge in [0.25, 0.3) is 0 Å². The number of hydrogen-bond donors (Lipinski definition) is 0. The molecular formula is C7H9NOS. The highest BCUT2D eigenvalue weighted by molar-refractivity contribution is 7.90. The first-order valence-electron chi connectivity index (χ1n) is 2.97. The van der Waals surface area contributed by atoms with Crippen molar-refractivity contribution in [3.63, 3.8) is 0 Å². The Balaban J connectivity index is 2.58. The maximum Gasteiger partial charge on any atom is 0.149 e. The fourth-order valence-electron chi connectivity index (χ4n) is 0.641. The summed E-state index contributed by atoms with van der Waals surface area (Å²) in [6.07, 6.45) is 5.20. The van der Waals surface area contributed by atoms with Crippen molar-refractivity contribution in [2.24, 2.45) is 0 Å². The maximum atomic E-state index is 11.1. The normalized spacial score (nSPS) is 12.9. The molecule has 1 unspecified atom stereocenters. The van der Waals surface area contributed by atoms with Crippen molar-refractivity contribution in [3.8, 4) is 0 Å². The van der Waals surface area contributed by atoms with E-state index >= 15 is 0 Å². The smallest absolute Gasteiger partial charge is 0.149 e. The molecule has 1 aromatic rings. The van der Waals surface area contributed by atoms with Crippen molar-refractivity contribution in [2.45, 2.75) is 0 Å². The highest BCUT2D eigenvalue weighted by Crippen LogP contribution is 1.98. The zero-order valence-electron chi connectivity index (χ0n) is 5.56. The SMILES string of the molecule is C=CC[S+]([O-])n1cccc1. The van der Waals surface area contributed by atoms with E-state index in [-0.39, 0.29) is 0 Å². The zero-order chi connectivity index (χ0) is 7.40. The Morgan fingerprint density at radius 2 is 2.10 bits per heavy atom. The largest absolute Gasteiger partial charge is 0.592 e. The second-order valence-corrected chi connectivity index (χ2v) is 3.22. The monoisotopic (exact) mass is 155 g/mol. The van der Waals surface area contributed by atoms with Gasteiger partial charge in [-0.15, -0.1) is 0 Å². The van der Waals surface area contributed by atoms with Crippen molar-refractivity contribution in [3.05, 3.63) is 37.2 Å². The quantitative estimate of drug-likeness (QED) is 0.476. The van der Waals surface area contributed by atoms with E-state index in [9.17, 15) is 4.55 Å². The van der Waals surface area contributed by atoms with Crippen LogP contribution in [0.25, 0.3) is 0 Å². The van der Waals surface area contributed by atoms with Crippen LogP contribution in [0.4, 0.5) is 0 Å². The second kappa shape index (κ2) is 3.49. The Labute approximate surface area is 63.5 Å². The minimum atomic E-state index is -0.954. The van der Waals surface area contributed by atoms with Crippen molar-refractivity contribution < 1.29 is 4.55 Å². The minimum Gasteiger partial charge on any atom is -0.592 e. The Morgan fingerprint density at radius 3 is 2.60 bits per heavy atom. The Bertz CT molecular complexity index is 195. The Kier molecular flexibility index (Phi) is 2.59. The molecule has 0 aromatic carbocycles. The first-order chi connectivity index (χ1) is 4.84. The number of nitrogens with zero attached hydrogens (tertiary/aromatic N) is 1. The van der Waals surface area contributed by atoms with Crippen molar-refractivity contribution in [2.75, 3.05) is 5.75 Å². The van der Waals surface area contributed by atoms with Crippen LogP contribution in [-0.4, -0.2) is 14.3 Å². The lowest BCUT2D eigenvalue weighted by Crippen LogP contribution is -2.12. The van der Waals surface area contributed by atoms with Crippen LogP contribution in [-0.2, 0) is 11.4 Å². The van der Waals surface area contributed by atoms with Gasteiger partial charge >= 0.3 is 0 Å². The summed E-state index contributed by atoms with van der Waals surface area (Å²) in [4.78, 5) is 0. The van der Waals surface area contributed by atoms with Gasteiger partial charge in [-0.25, -0.2) is 0 Å². The molecule has 0 spiro atoms. The molecule has 0 radical (unpaired) electrons. The summed E-state index contributed by atoms with van der Waals surface area (Å²) in [7, 11) is 0. The second-order valence-electron chi connectivity index (χ2n) is 1.82. The average molecular weight is 155 g/mol. The van der Waals surface area contributed by atoms with E-state index in [0.29, 0.717) is 5.75 Å². The number of rotatable bonds is 3. The highest BCUT2D eigenvalue weighted by atomic mass is 32.2. The Hall–Kier alpha value is -0.670. The van der Waals surface area contributed by atoms with E-state index in [0.717, 1.165) is 0 Å². The summed E-state index contributed by atoms with van der Waals surface area (Å²) in [5.41, 5.74) is 0. The van der Waals surface area contributed by atoms with Gasteiger partial charge in [-0.2, -0.15) is 3.97 Å². The fraction of sp³-hybridized carbons (Fsp3) is 0.143. The predicted octanol–water partition coefficient (Wildman–Crippen LogP) is 1.19. The third-order valence-electron chi connectivity index (χ3n) is 1.07. The molecule has 1 heterocycles. The van der Waals surface area contributed by atoms with Crippen molar-refractivity contribution >= 4 is 11.4 Å². The van der Waals surface area contributed by atoms with Crippen LogP contribution in [0, 0.1) is 0 Å². The van der Waals surface area contributed by atoms with E-state index in [2.05, 4.69) is 6.58 Å². The molecule has 0 fully saturated rings. The van der Waals surface area contributed by atoms with Gasteiger partial charge in [0.15, 0.2) is 0 Å². The molecule has 0 aliphatic carbocycles. The summed E-state index contributed by atoms with van der Waals surface area (Å²) in [6.45, 7) is 3.50. The molecule has 0 aliphatic rings. The predicted molar refractivity (Wildman–Crippen MR) is 43.0 cm³/mol. The molecule has 1 atom stereocenters. The molecule has 0 amide bonds. The Morgan fingerprint density at radius 1 is 1.50 bits per heavy atom. The first-order valence-corrected chi connectivity index (χ1v) is 4.25. The lowest BCUT2D eigenvalue weighted by atomic mass is 10.7. The molecule has 0 saturated carbocycles. The van der Waals surface area contributed by atoms with Crippen molar-refractivity contribution in [1.29, 1.82) is 0 Å². The summed E-state index contributed by atoms with van der Waals surface area (Å²) in [5, 5.41) is 0. The van der Waals surface area contributed by atoms with Crippen LogP contribution in [0.5, 0.6) is 0 Å². The van der Waals surface area contributed by atoms with Gasteiger partial charge in [0.05, 0.1) is 23.8 Å². The molecule has 54 valence electrons. The topological polar surface area (TPSA) is 28.0 Å². The van der Waals surface area contributed by atoms with Gasteiger partial charge in [0.2, 0.25) is 0 Å². The maximum absolute atomic E-state index is 11.1. The first kappa shape index (κ1) is 7.44. The fourth-order valence-corrected chi connectivity index (χ4v) is 1.43. The van der Waals surface area contributed by atoms with Crippen molar-refractivity contribution in [1.82, 2.24) is 3.97 Å². The third kappa shape index (κ3) is 1.65. The van der Waals surface area contributed by atoms with Gasteiger partial charge in [-0.05, 0) is 18.2 Å². The molecule has 3 heteroatoms. The molecule has 2 nitrogen and oxygen atoms in total. The zero-order valence-corrected chi connectivity index (χ0v) is 6.38. The van der Waals surface area contributed by atoms with E-state index in [1.807, 2.05) is 12.1 Å². The molecule has 0 aliphatic heterocycles. The molecule has 0 N–H and O–H groups in total. The third-order valence-corrected chi connectivity index (χ3v) is 2.31. The van der Waals surface area contributed by atoms with E-state index < -0.39 is 11.4 Å². The van der Waals surface area contributed by atoms with Gasteiger partial charge in [-0.1, -0.05) is 6.58 Å². The van der Waals surface area contributed by atoms with Crippen LogP contribution in [0.15, 0.2) is 37.2 Å². The van der Waals surface area contributed by atoms with Crippen LogP contribution in [0.3, 0.4) is 0 Å². The van der Waals surface area contributed by atoms with E-state index in [1.165, 1.54) is 0 Å². The highest BCUT2D eigenvalue weighted by Gasteiger charge is 2.02. The standard InChI is InChI=1S/C7H9NOS/c1-2-7-10(9)8-5-3-4-6-8/h2-6H,1,7H2. The van der Waals surface area contributed by atoms with Crippen LogP contribution in [0.2, 0.25) is 0 Å². The average Bonchev–Trinajstić information content (AvgIpc) is 2.38. The molecule has 10 heavy (non-hydrogen) atoms. The summed E-state index contributed by atoms with van der Waals surface area (Å²) in [6, 6.07) is 3.70.